The minimum atomic E-state index is 0.0294. The smallest absolute Gasteiger partial charge is 0.260 e. The molecule has 2 aliphatic heterocycles. The lowest BCUT2D eigenvalue weighted by atomic mass is 10.2. The first-order chi connectivity index (χ1) is 14.2. The second kappa shape index (κ2) is 9.41. The van der Waals surface area contributed by atoms with Crippen molar-refractivity contribution in [3.05, 3.63) is 46.7 Å². The Labute approximate surface area is 175 Å². The zero-order valence-electron chi connectivity index (χ0n) is 16.6. The molecule has 0 bridgehead atoms. The van der Waals surface area contributed by atoms with Gasteiger partial charge in [-0.3, -0.25) is 14.5 Å². The van der Waals surface area contributed by atoms with E-state index >= 15 is 0 Å². The van der Waals surface area contributed by atoms with Crippen molar-refractivity contribution < 1.29 is 14.3 Å². The van der Waals surface area contributed by atoms with Gasteiger partial charge in [0.25, 0.3) is 5.91 Å². The second-order valence-corrected chi connectivity index (χ2v) is 8.52. The number of hydrogen-bond acceptors (Lipinski definition) is 5. The summed E-state index contributed by atoms with van der Waals surface area (Å²) in [4.78, 5) is 31.8. The number of anilines is 1. The van der Waals surface area contributed by atoms with Crippen LogP contribution in [0, 0.1) is 0 Å². The van der Waals surface area contributed by atoms with Gasteiger partial charge in [-0.2, -0.15) is 0 Å². The van der Waals surface area contributed by atoms with Gasteiger partial charge in [0.1, 0.15) is 5.75 Å². The average Bonchev–Trinajstić information content (AvgIpc) is 3.43. The van der Waals surface area contributed by atoms with Crippen LogP contribution in [-0.4, -0.2) is 67.5 Å². The molecule has 0 radical (unpaired) electrons. The van der Waals surface area contributed by atoms with Crippen LogP contribution in [0.5, 0.6) is 5.75 Å². The van der Waals surface area contributed by atoms with Crippen LogP contribution in [0.15, 0.2) is 41.8 Å². The van der Waals surface area contributed by atoms with Gasteiger partial charge < -0.3 is 14.5 Å². The van der Waals surface area contributed by atoms with Gasteiger partial charge >= 0.3 is 0 Å². The van der Waals surface area contributed by atoms with Gasteiger partial charge in [-0.15, -0.1) is 11.3 Å². The predicted octanol–water partition coefficient (Wildman–Crippen LogP) is 2.64. The summed E-state index contributed by atoms with van der Waals surface area (Å²) in [6.45, 7) is 5.20. The molecule has 1 aromatic heterocycles. The number of benzene rings is 1. The van der Waals surface area contributed by atoms with Crippen molar-refractivity contribution in [3.63, 3.8) is 0 Å². The van der Waals surface area contributed by atoms with Crippen LogP contribution in [0.25, 0.3) is 0 Å². The maximum atomic E-state index is 12.5. The summed E-state index contributed by atoms with van der Waals surface area (Å²) < 4.78 is 5.68. The van der Waals surface area contributed by atoms with E-state index in [4.69, 9.17) is 4.74 Å². The van der Waals surface area contributed by atoms with E-state index < -0.39 is 0 Å². The van der Waals surface area contributed by atoms with Gasteiger partial charge in [-0.1, -0.05) is 6.07 Å². The van der Waals surface area contributed by atoms with Crippen molar-refractivity contribution in [1.82, 2.24) is 9.80 Å². The molecule has 7 heteroatoms. The molecule has 2 aromatic rings. The first kappa shape index (κ1) is 19.9. The van der Waals surface area contributed by atoms with E-state index in [1.165, 1.54) is 4.88 Å². The van der Waals surface area contributed by atoms with Crippen LogP contribution < -0.4 is 9.64 Å². The molecule has 2 amide bonds. The zero-order valence-corrected chi connectivity index (χ0v) is 17.4. The van der Waals surface area contributed by atoms with Gasteiger partial charge in [0.15, 0.2) is 6.61 Å². The van der Waals surface area contributed by atoms with Crippen molar-refractivity contribution in [2.75, 3.05) is 50.8 Å². The van der Waals surface area contributed by atoms with Crippen LogP contribution in [0.1, 0.15) is 17.7 Å². The molecule has 29 heavy (non-hydrogen) atoms. The number of ether oxygens (including phenoxy) is 1. The summed E-state index contributed by atoms with van der Waals surface area (Å²) in [5.74, 6) is 0.855. The Morgan fingerprint density at radius 2 is 1.83 bits per heavy atom. The quantitative estimate of drug-likeness (QED) is 0.700. The first-order valence-electron chi connectivity index (χ1n) is 10.2. The molecule has 0 aliphatic carbocycles. The largest absolute Gasteiger partial charge is 0.484 e. The fourth-order valence-corrected chi connectivity index (χ4v) is 4.52. The van der Waals surface area contributed by atoms with Crippen molar-refractivity contribution in [1.29, 1.82) is 0 Å². The number of rotatable bonds is 7. The van der Waals surface area contributed by atoms with Crippen LogP contribution in [0.3, 0.4) is 0 Å². The molecule has 154 valence electrons. The van der Waals surface area contributed by atoms with Crippen molar-refractivity contribution in [2.45, 2.75) is 19.3 Å². The van der Waals surface area contributed by atoms with Gasteiger partial charge in [0.05, 0.1) is 0 Å². The summed E-state index contributed by atoms with van der Waals surface area (Å²) in [6.07, 6.45) is 2.61. The third-order valence-electron chi connectivity index (χ3n) is 5.56. The molecule has 0 atom stereocenters. The van der Waals surface area contributed by atoms with E-state index in [2.05, 4.69) is 22.4 Å². The minimum Gasteiger partial charge on any atom is -0.484 e. The number of carbonyl (C=O) groups is 2. The fourth-order valence-electron chi connectivity index (χ4n) is 3.82. The van der Waals surface area contributed by atoms with Crippen LogP contribution in [0.4, 0.5) is 5.69 Å². The van der Waals surface area contributed by atoms with E-state index in [1.54, 1.807) is 16.2 Å². The lowest BCUT2D eigenvalue weighted by Gasteiger charge is -2.34. The number of carbonyl (C=O) groups excluding carboxylic acids is 2. The lowest BCUT2D eigenvalue weighted by molar-refractivity contribution is -0.135. The number of thiophene rings is 1. The number of piperazine rings is 1. The Morgan fingerprint density at radius 1 is 1.03 bits per heavy atom. The third kappa shape index (κ3) is 5.16. The van der Waals surface area contributed by atoms with Crippen LogP contribution in [-0.2, 0) is 16.0 Å². The molecular formula is C22H27N3O3S. The highest BCUT2D eigenvalue weighted by Crippen LogP contribution is 2.24. The maximum absolute atomic E-state index is 12.5. The molecule has 6 nitrogen and oxygen atoms in total. The Hall–Kier alpha value is -2.38. The van der Waals surface area contributed by atoms with E-state index in [-0.39, 0.29) is 18.4 Å². The Kier molecular flexibility index (Phi) is 6.46. The molecule has 0 N–H and O–H groups in total. The molecule has 4 rings (SSSR count). The van der Waals surface area contributed by atoms with Gasteiger partial charge in [0.2, 0.25) is 5.91 Å². The molecule has 1 aromatic carbocycles. The van der Waals surface area contributed by atoms with Crippen LogP contribution in [0.2, 0.25) is 0 Å². The molecule has 2 fully saturated rings. The first-order valence-corrected chi connectivity index (χ1v) is 11.1. The highest BCUT2D eigenvalue weighted by Gasteiger charge is 2.22. The van der Waals surface area contributed by atoms with Crippen LogP contribution >= 0.6 is 11.3 Å². The number of amides is 2. The second-order valence-electron chi connectivity index (χ2n) is 7.48. The summed E-state index contributed by atoms with van der Waals surface area (Å²) in [7, 11) is 0. The molecule has 2 saturated heterocycles. The highest BCUT2D eigenvalue weighted by atomic mass is 32.1. The summed E-state index contributed by atoms with van der Waals surface area (Å²) in [6, 6.07) is 11.7. The molecule has 2 aliphatic rings. The topological polar surface area (TPSA) is 53.1 Å². The van der Waals surface area contributed by atoms with Crippen molar-refractivity contribution >= 4 is 28.8 Å². The van der Waals surface area contributed by atoms with Gasteiger partial charge in [0, 0.05) is 56.3 Å². The van der Waals surface area contributed by atoms with E-state index in [0.29, 0.717) is 12.2 Å². The average molecular weight is 414 g/mol. The molecule has 0 spiro atoms. The zero-order chi connectivity index (χ0) is 20.1. The van der Waals surface area contributed by atoms with E-state index in [1.807, 2.05) is 29.2 Å². The number of nitrogens with zero attached hydrogens (tertiary/aromatic N) is 3. The monoisotopic (exact) mass is 413 g/mol. The summed E-state index contributed by atoms with van der Waals surface area (Å²) >= 11 is 1.80. The SMILES string of the molecule is O=C(COc1ccc(N2CCCC2=O)cc1)N1CCN(CCc2cccs2)CC1. The molecule has 0 saturated carbocycles. The van der Waals surface area contributed by atoms with Crippen molar-refractivity contribution in [2.24, 2.45) is 0 Å². The molecule has 0 unspecified atom stereocenters. The van der Waals surface area contributed by atoms with E-state index in [9.17, 15) is 9.59 Å². The van der Waals surface area contributed by atoms with Gasteiger partial charge in [-0.05, 0) is 48.6 Å². The third-order valence-corrected chi connectivity index (χ3v) is 6.50. The predicted molar refractivity (Wildman–Crippen MR) is 115 cm³/mol. The standard InChI is InChI=1S/C22H27N3O3S/c26-21-4-1-10-25(21)18-5-7-19(8-6-18)28-17-22(27)24-14-12-23(13-15-24)11-9-20-3-2-16-29-20/h2-3,5-8,16H,1,4,9-15,17H2. The van der Waals surface area contributed by atoms with Crippen molar-refractivity contribution in [3.8, 4) is 5.75 Å². The summed E-state index contributed by atoms with van der Waals surface area (Å²) in [5.41, 5.74) is 0.893. The van der Waals surface area contributed by atoms with E-state index in [0.717, 1.165) is 57.8 Å². The Bertz CT molecular complexity index is 814. The number of hydrogen-bond donors (Lipinski definition) is 0. The highest BCUT2D eigenvalue weighted by molar-refractivity contribution is 7.09. The summed E-state index contributed by atoms with van der Waals surface area (Å²) in [5, 5.41) is 2.12. The lowest BCUT2D eigenvalue weighted by Crippen LogP contribution is -2.50. The van der Waals surface area contributed by atoms with Gasteiger partial charge in [-0.25, -0.2) is 0 Å². The fraction of sp³-hybridized carbons (Fsp3) is 0.455. The normalized spacial score (nSPS) is 17.7. The Balaban J connectivity index is 1.18. The molecular weight excluding hydrogens is 386 g/mol. The maximum Gasteiger partial charge on any atom is 0.260 e. The Morgan fingerprint density at radius 3 is 2.48 bits per heavy atom. The minimum absolute atomic E-state index is 0.0294. The molecule has 3 heterocycles.